The maximum absolute atomic E-state index is 13.3. The number of carbonyl (C=O) groups is 2. The van der Waals surface area contributed by atoms with E-state index < -0.39 is 27.9 Å². The third-order valence-electron chi connectivity index (χ3n) is 4.33. The van der Waals surface area contributed by atoms with Crippen molar-refractivity contribution in [3.63, 3.8) is 0 Å². The van der Waals surface area contributed by atoms with Crippen LogP contribution in [0.5, 0.6) is 0 Å². The molecule has 0 fully saturated rings. The Bertz CT molecular complexity index is 973. The molecule has 2 aromatic carbocycles. The number of hydrogen-bond acceptors (Lipinski definition) is 4. The summed E-state index contributed by atoms with van der Waals surface area (Å²) in [6, 6.07) is 10.4. The Balaban J connectivity index is 2.50. The molecule has 29 heavy (non-hydrogen) atoms. The number of nitrogens with zero attached hydrogens (tertiary/aromatic N) is 1. The first-order valence-electron chi connectivity index (χ1n) is 8.91. The third kappa shape index (κ3) is 5.79. The lowest BCUT2D eigenvalue weighted by atomic mass is 10.0. The third-order valence-corrected chi connectivity index (χ3v) is 6.45. The molecule has 7 nitrogen and oxygen atoms in total. The van der Waals surface area contributed by atoms with Crippen LogP contribution in [0, 0.1) is 5.92 Å². The number of aromatic carboxylic acids is 1. The fraction of sp³-hybridized carbons (Fsp3) is 0.300. The van der Waals surface area contributed by atoms with Crippen molar-refractivity contribution in [2.24, 2.45) is 11.7 Å². The van der Waals surface area contributed by atoms with E-state index in [1.165, 1.54) is 48.5 Å². The zero-order valence-corrected chi connectivity index (χ0v) is 17.7. The van der Waals surface area contributed by atoms with Crippen molar-refractivity contribution in [1.29, 1.82) is 0 Å². The molecule has 0 aliphatic carbocycles. The normalized spacial score (nSPS) is 12.9. The standard InChI is InChI=1S/C20H23ClN2O5S/c1-13(2)11-18(19(22)24)23(12-14-3-5-15(6-4-14)20(25)26)29(27,28)17-9-7-16(21)8-10-17/h3-10,13,18H,11-12H2,1-2H3,(H2,22,24)(H,25,26)/t18-/m1/s1. The van der Waals surface area contributed by atoms with E-state index in [4.69, 9.17) is 22.4 Å². The van der Waals surface area contributed by atoms with Gasteiger partial charge in [0.25, 0.3) is 0 Å². The van der Waals surface area contributed by atoms with E-state index in [1.54, 1.807) is 0 Å². The van der Waals surface area contributed by atoms with Gasteiger partial charge in [0, 0.05) is 11.6 Å². The number of nitrogens with two attached hydrogens (primary N) is 1. The maximum Gasteiger partial charge on any atom is 0.335 e. The molecule has 0 heterocycles. The summed E-state index contributed by atoms with van der Waals surface area (Å²) in [5.41, 5.74) is 6.17. The maximum atomic E-state index is 13.3. The average Bonchev–Trinajstić information content (AvgIpc) is 2.64. The highest BCUT2D eigenvalue weighted by molar-refractivity contribution is 7.89. The van der Waals surface area contributed by atoms with Crippen LogP contribution in [0.3, 0.4) is 0 Å². The number of carbonyl (C=O) groups excluding carboxylic acids is 1. The Hall–Kier alpha value is -2.42. The van der Waals surface area contributed by atoms with Gasteiger partial charge in [-0.1, -0.05) is 37.6 Å². The van der Waals surface area contributed by atoms with Crippen molar-refractivity contribution in [3.05, 3.63) is 64.7 Å². The van der Waals surface area contributed by atoms with E-state index >= 15 is 0 Å². The number of carboxylic acid groups (broad SMARTS) is 1. The lowest BCUT2D eigenvalue weighted by molar-refractivity contribution is -0.122. The van der Waals surface area contributed by atoms with Gasteiger partial charge in [0.1, 0.15) is 6.04 Å². The second kappa shape index (κ2) is 9.39. The summed E-state index contributed by atoms with van der Waals surface area (Å²) < 4.78 is 27.7. The summed E-state index contributed by atoms with van der Waals surface area (Å²) in [5.74, 6) is -1.82. The number of halogens is 1. The van der Waals surface area contributed by atoms with Gasteiger partial charge in [0.2, 0.25) is 15.9 Å². The Morgan fingerprint density at radius 1 is 1.07 bits per heavy atom. The fourth-order valence-corrected chi connectivity index (χ4v) is 4.58. The van der Waals surface area contributed by atoms with Crippen molar-refractivity contribution in [1.82, 2.24) is 4.31 Å². The fourth-order valence-electron chi connectivity index (χ4n) is 2.86. The minimum atomic E-state index is -4.07. The van der Waals surface area contributed by atoms with Crippen molar-refractivity contribution >= 4 is 33.5 Å². The first-order chi connectivity index (χ1) is 13.5. The van der Waals surface area contributed by atoms with Crippen molar-refractivity contribution < 1.29 is 23.1 Å². The van der Waals surface area contributed by atoms with Crippen molar-refractivity contribution in [3.8, 4) is 0 Å². The summed E-state index contributed by atoms with van der Waals surface area (Å²) in [4.78, 5) is 23.2. The zero-order chi connectivity index (χ0) is 21.8. The van der Waals surface area contributed by atoms with Crippen molar-refractivity contribution in [2.45, 2.75) is 37.8 Å². The quantitative estimate of drug-likeness (QED) is 0.623. The number of amides is 1. The van der Waals surface area contributed by atoms with Crippen LogP contribution in [0.1, 0.15) is 36.2 Å². The molecule has 0 spiro atoms. The zero-order valence-electron chi connectivity index (χ0n) is 16.1. The van der Waals surface area contributed by atoms with Gasteiger partial charge in [-0.15, -0.1) is 0 Å². The second-order valence-electron chi connectivity index (χ2n) is 7.05. The van der Waals surface area contributed by atoms with Gasteiger partial charge in [-0.05, 0) is 54.3 Å². The van der Waals surface area contributed by atoms with Gasteiger partial charge in [-0.2, -0.15) is 4.31 Å². The lowest BCUT2D eigenvalue weighted by Gasteiger charge is -2.30. The van der Waals surface area contributed by atoms with Crippen molar-refractivity contribution in [2.75, 3.05) is 0 Å². The summed E-state index contributed by atoms with van der Waals surface area (Å²) in [5, 5.41) is 9.42. The molecular formula is C20H23ClN2O5S. The van der Waals surface area contributed by atoms with E-state index in [9.17, 15) is 18.0 Å². The highest BCUT2D eigenvalue weighted by Gasteiger charge is 2.35. The molecule has 0 bridgehead atoms. The molecule has 156 valence electrons. The van der Waals surface area contributed by atoms with Crippen LogP contribution in [0.25, 0.3) is 0 Å². The van der Waals surface area contributed by atoms with Crippen LogP contribution in [0.2, 0.25) is 5.02 Å². The summed E-state index contributed by atoms with van der Waals surface area (Å²) in [6.07, 6.45) is 0.245. The van der Waals surface area contributed by atoms with Crippen LogP contribution in [0.4, 0.5) is 0 Å². The van der Waals surface area contributed by atoms with Crippen LogP contribution < -0.4 is 5.73 Å². The first kappa shape index (κ1) is 22.9. The number of primary amides is 1. The Morgan fingerprint density at radius 3 is 2.07 bits per heavy atom. The van der Waals surface area contributed by atoms with Gasteiger partial charge in [-0.25, -0.2) is 13.2 Å². The van der Waals surface area contributed by atoms with E-state index in [2.05, 4.69) is 0 Å². The summed E-state index contributed by atoms with van der Waals surface area (Å²) in [7, 11) is -4.07. The molecule has 1 amide bonds. The highest BCUT2D eigenvalue weighted by Crippen LogP contribution is 2.25. The average molecular weight is 439 g/mol. The molecule has 0 radical (unpaired) electrons. The molecule has 1 atom stereocenters. The molecule has 2 rings (SSSR count). The Kier molecular flexibility index (Phi) is 7.40. The monoisotopic (exact) mass is 438 g/mol. The molecule has 0 aliphatic rings. The predicted molar refractivity (Wildman–Crippen MR) is 110 cm³/mol. The van der Waals surface area contributed by atoms with Crippen LogP contribution in [-0.2, 0) is 21.4 Å². The van der Waals surface area contributed by atoms with Crippen LogP contribution >= 0.6 is 11.6 Å². The molecule has 0 aliphatic heterocycles. The lowest BCUT2D eigenvalue weighted by Crippen LogP contribution is -2.48. The molecule has 0 saturated carbocycles. The molecule has 2 aromatic rings. The minimum absolute atomic E-state index is 0.0148. The molecule has 3 N–H and O–H groups in total. The SMILES string of the molecule is CC(C)C[C@H](C(N)=O)N(Cc1ccc(C(=O)O)cc1)S(=O)(=O)c1ccc(Cl)cc1. The molecule has 0 unspecified atom stereocenters. The van der Waals surface area contributed by atoms with E-state index in [1.807, 2.05) is 13.8 Å². The van der Waals surface area contributed by atoms with Gasteiger partial charge in [0.05, 0.1) is 10.5 Å². The first-order valence-corrected chi connectivity index (χ1v) is 10.7. The second-order valence-corrected chi connectivity index (χ2v) is 9.38. The van der Waals surface area contributed by atoms with Crippen LogP contribution in [-0.4, -0.2) is 35.7 Å². The van der Waals surface area contributed by atoms with Gasteiger partial charge in [0.15, 0.2) is 0 Å². The Labute approximate surface area is 175 Å². The van der Waals surface area contributed by atoms with Crippen LogP contribution in [0.15, 0.2) is 53.4 Å². The largest absolute Gasteiger partial charge is 0.478 e. The summed E-state index contributed by atoms with van der Waals surface area (Å²) in [6.45, 7) is 3.60. The van der Waals surface area contributed by atoms with Gasteiger partial charge < -0.3 is 10.8 Å². The molecule has 0 aromatic heterocycles. The number of rotatable bonds is 9. The van der Waals surface area contributed by atoms with E-state index in [0.29, 0.717) is 10.6 Å². The number of carboxylic acids is 1. The number of benzene rings is 2. The number of hydrogen-bond donors (Lipinski definition) is 2. The smallest absolute Gasteiger partial charge is 0.335 e. The number of sulfonamides is 1. The Morgan fingerprint density at radius 2 is 1.62 bits per heavy atom. The minimum Gasteiger partial charge on any atom is -0.478 e. The van der Waals surface area contributed by atoms with E-state index in [-0.39, 0.29) is 29.3 Å². The molecular weight excluding hydrogens is 416 g/mol. The highest BCUT2D eigenvalue weighted by atomic mass is 35.5. The van der Waals surface area contributed by atoms with Gasteiger partial charge >= 0.3 is 5.97 Å². The van der Waals surface area contributed by atoms with E-state index in [0.717, 1.165) is 4.31 Å². The molecule has 0 saturated heterocycles. The van der Waals surface area contributed by atoms with Gasteiger partial charge in [-0.3, -0.25) is 4.79 Å². The topological polar surface area (TPSA) is 118 Å². The molecule has 9 heteroatoms. The predicted octanol–water partition coefficient (Wildman–Crippen LogP) is 3.13. The summed E-state index contributed by atoms with van der Waals surface area (Å²) >= 11 is 5.86.